The maximum Gasteiger partial charge on any atom is 0.170 e. The highest BCUT2D eigenvalue weighted by Gasteiger charge is 2.46. The largest absolute Gasteiger partial charge is 0.391 e. The number of aliphatic hydroxyl groups is 1. The van der Waals surface area contributed by atoms with Crippen molar-refractivity contribution < 1.29 is 14.6 Å². The maximum absolute atomic E-state index is 10.3. The van der Waals surface area contributed by atoms with E-state index in [1.54, 1.807) is 0 Å². The highest BCUT2D eigenvalue weighted by Crippen LogP contribution is 2.38. The molecule has 4 heteroatoms. The van der Waals surface area contributed by atoms with Crippen LogP contribution in [-0.4, -0.2) is 54.2 Å². The first kappa shape index (κ1) is 12.9. The van der Waals surface area contributed by atoms with Crippen molar-refractivity contribution in [3.05, 3.63) is 0 Å². The second kappa shape index (κ2) is 5.08. The van der Waals surface area contributed by atoms with E-state index < -0.39 is 0 Å². The second-order valence-corrected chi connectivity index (χ2v) is 6.20. The van der Waals surface area contributed by atoms with E-state index in [9.17, 15) is 5.11 Å². The Hall–Kier alpha value is -0.160. The molecule has 1 N–H and O–H groups in total. The molecule has 3 rings (SSSR count). The molecule has 0 aromatic heterocycles. The third-order valence-corrected chi connectivity index (χ3v) is 4.89. The lowest BCUT2D eigenvalue weighted by atomic mass is 9.85. The van der Waals surface area contributed by atoms with Gasteiger partial charge in [0.2, 0.25) is 0 Å². The van der Waals surface area contributed by atoms with Gasteiger partial charge in [-0.05, 0) is 38.3 Å². The molecule has 0 bridgehead atoms. The van der Waals surface area contributed by atoms with Crippen molar-refractivity contribution in [2.24, 2.45) is 5.92 Å². The fraction of sp³-hybridized carbons (Fsp3) is 1.00. The van der Waals surface area contributed by atoms with Crippen LogP contribution in [0.3, 0.4) is 0 Å². The summed E-state index contributed by atoms with van der Waals surface area (Å²) in [6, 6.07) is 0.226. The first-order valence-corrected chi connectivity index (χ1v) is 7.39. The Bertz CT molecular complexity index is 283. The Labute approximate surface area is 109 Å². The fourth-order valence-electron chi connectivity index (χ4n) is 3.61. The predicted octanol–water partition coefficient (Wildman–Crippen LogP) is 1.37. The number of ether oxygens (including phenoxy) is 2. The van der Waals surface area contributed by atoms with E-state index in [1.165, 1.54) is 12.8 Å². The zero-order chi connectivity index (χ0) is 12.6. The Balaban J connectivity index is 1.65. The summed E-state index contributed by atoms with van der Waals surface area (Å²) in [6.07, 6.45) is 4.76. The molecule has 0 aromatic rings. The number of likely N-dealkylation sites (tertiary alicyclic amines) is 1. The van der Waals surface area contributed by atoms with E-state index in [4.69, 9.17) is 9.47 Å². The third-order valence-electron chi connectivity index (χ3n) is 4.89. The van der Waals surface area contributed by atoms with Gasteiger partial charge < -0.3 is 14.6 Å². The molecular weight excluding hydrogens is 230 g/mol. The number of piperidine rings is 1. The van der Waals surface area contributed by atoms with Crippen LogP contribution in [0.2, 0.25) is 0 Å². The lowest BCUT2D eigenvalue weighted by molar-refractivity contribution is -0.206. The van der Waals surface area contributed by atoms with Gasteiger partial charge in [0.05, 0.1) is 19.3 Å². The van der Waals surface area contributed by atoms with Gasteiger partial charge in [0, 0.05) is 18.9 Å². The minimum absolute atomic E-state index is 0.211. The van der Waals surface area contributed by atoms with Crippen LogP contribution in [0.25, 0.3) is 0 Å². The molecule has 0 amide bonds. The third kappa shape index (κ3) is 2.44. The molecule has 1 aliphatic carbocycles. The van der Waals surface area contributed by atoms with E-state index in [0.717, 1.165) is 38.3 Å². The van der Waals surface area contributed by atoms with Crippen LogP contribution in [-0.2, 0) is 9.47 Å². The van der Waals surface area contributed by atoms with E-state index in [-0.39, 0.29) is 17.9 Å². The van der Waals surface area contributed by atoms with Gasteiger partial charge in [-0.1, -0.05) is 6.92 Å². The fourth-order valence-corrected chi connectivity index (χ4v) is 3.61. The van der Waals surface area contributed by atoms with Crippen LogP contribution >= 0.6 is 0 Å². The SMILES string of the molecule is CC1CCN(C2CC3(CCC2O)OCCO3)CC1. The molecule has 1 saturated carbocycles. The van der Waals surface area contributed by atoms with Gasteiger partial charge in [0.25, 0.3) is 0 Å². The lowest BCUT2D eigenvalue weighted by Crippen LogP contribution is -2.55. The first-order valence-electron chi connectivity index (χ1n) is 7.39. The molecular formula is C14H25NO3. The topological polar surface area (TPSA) is 41.9 Å². The van der Waals surface area contributed by atoms with Gasteiger partial charge >= 0.3 is 0 Å². The normalized spacial score (nSPS) is 38.3. The van der Waals surface area contributed by atoms with Gasteiger partial charge in [0.15, 0.2) is 5.79 Å². The Morgan fingerprint density at radius 3 is 2.44 bits per heavy atom. The monoisotopic (exact) mass is 255 g/mol. The molecule has 3 fully saturated rings. The quantitative estimate of drug-likeness (QED) is 0.768. The number of aliphatic hydroxyl groups excluding tert-OH is 1. The van der Waals surface area contributed by atoms with Crippen LogP contribution in [0.5, 0.6) is 0 Å². The highest BCUT2D eigenvalue weighted by molar-refractivity contribution is 4.94. The summed E-state index contributed by atoms with van der Waals surface area (Å²) in [6.45, 7) is 5.96. The highest BCUT2D eigenvalue weighted by atomic mass is 16.7. The first-order chi connectivity index (χ1) is 8.69. The molecule has 1 spiro atoms. The molecule has 2 saturated heterocycles. The van der Waals surface area contributed by atoms with Crippen molar-refractivity contribution in [2.75, 3.05) is 26.3 Å². The average Bonchev–Trinajstić information content (AvgIpc) is 2.82. The van der Waals surface area contributed by atoms with Crippen LogP contribution < -0.4 is 0 Å². The van der Waals surface area contributed by atoms with Crippen molar-refractivity contribution >= 4 is 0 Å². The molecule has 18 heavy (non-hydrogen) atoms. The smallest absolute Gasteiger partial charge is 0.170 e. The molecule has 0 aromatic carbocycles. The van der Waals surface area contributed by atoms with Gasteiger partial charge in [-0.15, -0.1) is 0 Å². The molecule has 2 aliphatic heterocycles. The van der Waals surface area contributed by atoms with Gasteiger partial charge in [-0.3, -0.25) is 4.90 Å². The van der Waals surface area contributed by atoms with E-state index >= 15 is 0 Å². The van der Waals surface area contributed by atoms with Crippen LogP contribution in [0.1, 0.15) is 39.0 Å². The minimum atomic E-state index is -0.382. The summed E-state index contributed by atoms with van der Waals surface area (Å²) in [5.41, 5.74) is 0. The van der Waals surface area contributed by atoms with Crippen molar-refractivity contribution in [3.8, 4) is 0 Å². The van der Waals surface area contributed by atoms with Crippen LogP contribution in [0, 0.1) is 5.92 Å². The summed E-state index contributed by atoms with van der Waals surface area (Å²) in [4.78, 5) is 2.45. The zero-order valence-corrected chi connectivity index (χ0v) is 11.3. The summed E-state index contributed by atoms with van der Waals surface area (Å²) >= 11 is 0. The van der Waals surface area contributed by atoms with Gasteiger partial charge in [-0.2, -0.15) is 0 Å². The Morgan fingerprint density at radius 2 is 1.78 bits per heavy atom. The van der Waals surface area contributed by atoms with Gasteiger partial charge in [0.1, 0.15) is 0 Å². The molecule has 4 nitrogen and oxygen atoms in total. The molecule has 2 atom stereocenters. The summed E-state index contributed by atoms with van der Waals surface area (Å²) in [5, 5.41) is 10.3. The van der Waals surface area contributed by atoms with Crippen molar-refractivity contribution in [1.29, 1.82) is 0 Å². The summed E-state index contributed by atoms with van der Waals surface area (Å²) in [5.74, 6) is 0.447. The molecule has 104 valence electrons. The summed E-state index contributed by atoms with van der Waals surface area (Å²) < 4.78 is 11.6. The van der Waals surface area contributed by atoms with Crippen molar-refractivity contribution in [2.45, 2.75) is 57.0 Å². The molecule has 2 heterocycles. The van der Waals surface area contributed by atoms with E-state index in [0.29, 0.717) is 13.2 Å². The number of hydrogen-bond acceptors (Lipinski definition) is 4. The number of nitrogens with zero attached hydrogens (tertiary/aromatic N) is 1. The van der Waals surface area contributed by atoms with Crippen LogP contribution in [0.15, 0.2) is 0 Å². The van der Waals surface area contributed by atoms with Gasteiger partial charge in [-0.25, -0.2) is 0 Å². The Morgan fingerprint density at radius 1 is 1.11 bits per heavy atom. The van der Waals surface area contributed by atoms with Crippen LogP contribution in [0.4, 0.5) is 0 Å². The zero-order valence-electron chi connectivity index (χ0n) is 11.3. The minimum Gasteiger partial charge on any atom is -0.391 e. The number of hydrogen-bond donors (Lipinski definition) is 1. The number of rotatable bonds is 1. The average molecular weight is 255 g/mol. The van der Waals surface area contributed by atoms with E-state index in [1.807, 2.05) is 0 Å². The van der Waals surface area contributed by atoms with Crippen molar-refractivity contribution in [3.63, 3.8) is 0 Å². The maximum atomic E-state index is 10.3. The molecule has 3 aliphatic rings. The Kier molecular flexibility index (Phi) is 3.63. The van der Waals surface area contributed by atoms with E-state index in [2.05, 4.69) is 11.8 Å². The molecule has 2 unspecified atom stereocenters. The second-order valence-electron chi connectivity index (χ2n) is 6.20. The van der Waals surface area contributed by atoms with Crippen molar-refractivity contribution in [1.82, 2.24) is 4.90 Å². The summed E-state index contributed by atoms with van der Waals surface area (Å²) in [7, 11) is 0. The lowest BCUT2D eigenvalue weighted by Gasteiger charge is -2.46. The standard InChI is InChI=1S/C14H25NO3/c1-11-3-6-15(7-4-11)12-10-14(5-2-13(12)16)17-8-9-18-14/h11-13,16H,2-10H2,1H3. The molecule has 0 radical (unpaired) electrons. The predicted molar refractivity (Wildman–Crippen MR) is 68.3 cm³/mol.